The second-order valence-electron chi connectivity index (χ2n) is 6.01. The Morgan fingerprint density at radius 3 is 2.43 bits per heavy atom. The van der Waals surface area contributed by atoms with Gasteiger partial charge in [-0.15, -0.1) is 0 Å². The van der Waals surface area contributed by atoms with Gasteiger partial charge in [0.1, 0.15) is 0 Å². The van der Waals surface area contributed by atoms with Crippen LogP contribution in [0.5, 0.6) is 0 Å². The maximum Gasteiger partial charge on any atom is 0.220 e. The van der Waals surface area contributed by atoms with Gasteiger partial charge in [-0.05, 0) is 37.0 Å². The van der Waals surface area contributed by atoms with Crippen molar-refractivity contribution in [1.82, 2.24) is 5.32 Å². The fraction of sp³-hybridized carbons (Fsp3) is 0.588. The average molecular weight is 309 g/mol. The molecule has 3 nitrogen and oxygen atoms in total. The summed E-state index contributed by atoms with van der Waals surface area (Å²) in [6, 6.07) is 8.21. The van der Waals surface area contributed by atoms with Crippen LogP contribution in [0.2, 0.25) is 5.02 Å². The van der Waals surface area contributed by atoms with Crippen molar-refractivity contribution in [1.29, 1.82) is 0 Å². The van der Waals surface area contributed by atoms with Gasteiger partial charge < -0.3 is 11.1 Å². The first kappa shape index (κ1) is 16.3. The zero-order valence-corrected chi connectivity index (χ0v) is 13.3. The molecule has 1 aliphatic carbocycles. The van der Waals surface area contributed by atoms with Crippen LogP contribution in [0, 0.1) is 0 Å². The molecule has 0 bridgehead atoms. The van der Waals surface area contributed by atoms with E-state index in [-0.39, 0.29) is 11.3 Å². The van der Waals surface area contributed by atoms with Gasteiger partial charge in [0, 0.05) is 29.9 Å². The standard InChI is InChI=1S/C13H18ClN.C4H7NO/c14-12-6-4-5-11(9-12)13(10-15)7-2-1-3-8-13;6-4-2-1-3-5-4/h4-6,9H,1-3,7-8,10,15H2;1-3H2,(H,5,6). The smallest absolute Gasteiger partial charge is 0.220 e. The summed E-state index contributed by atoms with van der Waals surface area (Å²) in [4.78, 5) is 10.1. The van der Waals surface area contributed by atoms with Gasteiger partial charge in [0.05, 0.1) is 0 Å². The molecule has 1 aromatic rings. The molecular weight excluding hydrogens is 284 g/mol. The van der Waals surface area contributed by atoms with Crippen LogP contribution in [0.3, 0.4) is 0 Å². The number of amides is 1. The van der Waals surface area contributed by atoms with Crippen molar-refractivity contribution in [3.05, 3.63) is 34.9 Å². The zero-order valence-electron chi connectivity index (χ0n) is 12.5. The van der Waals surface area contributed by atoms with Gasteiger partial charge in [-0.1, -0.05) is 43.0 Å². The van der Waals surface area contributed by atoms with E-state index in [1.807, 2.05) is 12.1 Å². The topological polar surface area (TPSA) is 55.1 Å². The Morgan fingerprint density at radius 1 is 1.19 bits per heavy atom. The Bertz CT molecular complexity index is 462. The summed E-state index contributed by atoms with van der Waals surface area (Å²) in [6.07, 6.45) is 8.13. The molecule has 1 saturated heterocycles. The number of hydrogen-bond acceptors (Lipinski definition) is 2. The molecule has 2 aliphatic rings. The van der Waals surface area contributed by atoms with Crippen molar-refractivity contribution in [2.45, 2.75) is 50.4 Å². The van der Waals surface area contributed by atoms with Crippen molar-refractivity contribution in [3.63, 3.8) is 0 Å². The molecule has 0 atom stereocenters. The summed E-state index contributed by atoms with van der Waals surface area (Å²) in [5.41, 5.74) is 7.51. The number of carbonyl (C=O) groups is 1. The number of carbonyl (C=O) groups excluding carboxylic acids is 1. The normalized spacial score (nSPS) is 20.4. The largest absolute Gasteiger partial charge is 0.356 e. The first-order chi connectivity index (χ1) is 10.2. The third-order valence-electron chi connectivity index (χ3n) is 4.54. The van der Waals surface area contributed by atoms with Gasteiger partial charge in [0.2, 0.25) is 5.91 Å². The Balaban J connectivity index is 0.000000225. The second kappa shape index (κ2) is 7.81. The third kappa shape index (κ3) is 4.45. The fourth-order valence-corrected chi connectivity index (χ4v) is 3.41. The lowest BCUT2D eigenvalue weighted by Crippen LogP contribution is -2.37. The summed E-state index contributed by atoms with van der Waals surface area (Å²) in [6.45, 7) is 1.63. The van der Waals surface area contributed by atoms with Crippen LogP contribution >= 0.6 is 11.6 Å². The van der Waals surface area contributed by atoms with E-state index < -0.39 is 0 Å². The van der Waals surface area contributed by atoms with E-state index in [4.69, 9.17) is 17.3 Å². The number of halogens is 1. The summed E-state index contributed by atoms with van der Waals surface area (Å²) in [7, 11) is 0. The van der Waals surface area contributed by atoms with Gasteiger partial charge in [-0.3, -0.25) is 4.79 Å². The van der Waals surface area contributed by atoms with E-state index in [0.717, 1.165) is 31.0 Å². The molecule has 3 N–H and O–H groups in total. The first-order valence-corrected chi connectivity index (χ1v) is 8.27. The lowest BCUT2D eigenvalue weighted by atomic mass is 9.69. The van der Waals surface area contributed by atoms with E-state index in [1.54, 1.807) is 0 Å². The molecule has 21 heavy (non-hydrogen) atoms. The molecule has 1 amide bonds. The van der Waals surface area contributed by atoms with Crippen molar-refractivity contribution in [3.8, 4) is 0 Å². The maximum atomic E-state index is 10.1. The predicted octanol–water partition coefficient (Wildman–Crippen LogP) is 3.40. The Kier molecular flexibility index (Phi) is 6.07. The van der Waals surface area contributed by atoms with Gasteiger partial charge in [0.15, 0.2) is 0 Å². The third-order valence-corrected chi connectivity index (χ3v) is 4.78. The van der Waals surface area contributed by atoms with E-state index in [9.17, 15) is 4.79 Å². The molecule has 0 radical (unpaired) electrons. The highest BCUT2D eigenvalue weighted by atomic mass is 35.5. The lowest BCUT2D eigenvalue weighted by molar-refractivity contribution is -0.119. The van der Waals surface area contributed by atoms with Gasteiger partial charge in [-0.25, -0.2) is 0 Å². The average Bonchev–Trinajstić information content (AvgIpc) is 3.00. The van der Waals surface area contributed by atoms with Crippen LogP contribution in [-0.2, 0) is 10.2 Å². The number of hydrogen-bond donors (Lipinski definition) is 2. The molecule has 0 unspecified atom stereocenters. The molecule has 1 heterocycles. The minimum absolute atomic E-state index is 0.198. The van der Waals surface area contributed by atoms with Crippen LogP contribution in [-0.4, -0.2) is 19.0 Å². The number of benzene rings is 1. The van der Waals surface area contributed by atoms with Crippen LogP contribution in [0.15, 0.2) is 24.3 Å². The quantitative estimate of drug-likeness (QED) is 0.880. The van der Waals surface area contributed by atoms with Gasteiger partial charge >= 0.3 is 0 Å². The second-order valence-corrected chi connectivity index (χ2v) is 6.45. The summed E-state index contributed by atoms with van der Waals surface area (Å²) >= 11 is 6.04. The van der Waals surface area contributed by atoms with Crippen molar-refractivity contribution in [2.75, 3.05) is 13.1 Å². The molecule has 1 saturated carbocycles. The Hall–Kier alpha value is -1.06. The van der Waals surface area contributed by atoms with Gasteiger partial charge in [0.25, 0.3) is 0 Å². The van der Waals surface area contributed by atoms with Gasteiger partial charge in [-0.2, -0.15) is 0 Å². The van der Waals surface area contributed by atoms with Crippen LogP contribution < -0.4 is 11.1 Å². The highest BCUT2D eigenvalue weighted by molar-refractivity contribution is 6.30. The monoisotopic (exact) mass is 308 g/mol. The predicted molar refractivity (Wildman–Crippen MR) is 87.5 cm³/mol. The van der Waals surface area contributed by atoms with E-state index >= 15 is 0 Å². The molecule has 0 aromatic heterocycles. The summed E-state index contributed by atoms with van der Waals surface area (Å²) < 4.78 is 0. The van der Waals surface area contributed by atoms with Crippen LogP contribution in [0.4, 0.5) is 0 Å². The van der Waals surface area contributed by atoms with E-state index in [0.29, 0.717) is 0 Å². The van der Waals surface area contributed by atoms with E-state index in [2.05, 4.69) is 17.4 Å². The van der Waals surface area contributed by atoms with Crippen LogP contribution in [0.25, 0.3) is 0 Å². The summed E-state index contributed by atoms with van der Waals surface area (Å²) in [5.74, 6) is 0.204. The Labute approximate surface area is 132 Å². The lowest BCUT2D eigenvalue weighted by Gasteiger charge is -2.36. The molecule has 1 aliphatic heterocycles. The molecule has 1 aromatic carbocycles. The Morgan fingerprint density at radius 2 is 1.95 bits per heavy atom. The molecule has 116 valence electrons. The molecule has 0 spiro atoms. The molecule has 2 fully saturated rings. The fourth-order valence-electron chi connectivity index (χ4n) is 3.22. The van der Waals surface area contributed by atoms with Crippen molar-refractivity contribution < 1.29 is 4.79 Å². The zero-order chi connectivity index (χ0) is 15.1. The van der Waals surface area contributed by atoms with Crippen molar-refractivity contribution in [2.24, 2.45) is 5.73 Å². The number of nitrogens with one attached hydrogen (secondary N) is 1. The number of nitrogens with two attached hydrogens (primary N) is 1. The minimum Gasteiger partial charge on any atom is -0.356 e. The van der Waals surface area contributed by atoms with Crippen LogP contribution in [0.1, 0.15) is 50.5 Å². The van der Waals surface area contributed by atoms with Crippen molar-refractivity contribution >= 4 is 17.5 Å². The highest BCUT2D eigenvalue weighted by Gasteiger charge is 2.32. The molecule has 3 rings (SSSR count). The summed E-state index contributed by atoms with van der Waals surface area (Å²) in [5, 5.41) is 3.51. The molecule has 4 heteroatoms. The minimum atomic E-state index is 0.198. The van der Waals surface area contributed by atoms with E-state index in [1.165, 1.54) is 37.7 Å². The molecular formula is C17H25ClN2O. The maximum absolute atomic E-state index is 10.1. The number of rotatable bonds is 2. The highest BCUT2D eigenvalue weighted by Crippen LogP contribution is 2.39. The first-order valence-electron chi connectivity index (χ1n) is 7.89. The SMILES string of the molecule is NCC1(c2cccc(Cl)c2)CCCCC1.O=C1CCCN1.